The van der Waals surface area contributed by atoms with Crippen LogP contribution in [-0.4, -0.2) is 11.9 Å². The van der Waals surface area contributed by atoms with Crippen LogP contribution in [0.3, 0.4) is 0 Å². The number of amides is 1. The van der Waals surface area contributed by atoms with Crippen molar-refractivity contribution in [2.45, 2.75) is 52.0 Å². The van der Waals surface area contributed by atoms with Gasteiger partial charge in [-0.15, -0.1) is 0 Å². The molecule has 1 aliphatic carbocycles. The summed E-state index contributed by atoms with van der Waals surface area (Å²) in [5.41, 5.74) is 0. The third-order valence-corrected chi connectivity index (χ3v) is 3.24. The van der Waals surface area contributed by atoms with Crippen LogP contribution in [-0.2, 0) is 4.79 Å². The highest BCUT2D eigenvalue weighted by molar-refractivity contribution is 5.81. The lowest BCUT2D eigenvalue weighted by molar-refractivity contribution is -0.124. The van der Waals surface area contributed by atoms with Crippen molar-refractivity contribution >= 4 is 5.91 Å². The van der Waals surface area contributed by atoms with Crippen molar-refractivity contribution < 1.29 is 4.79 Å². The Kier molecular flexibility index (Phi) is 4.61. The monoisotopic (exact) mass is 208 g/mol. The molecule has 3 heteroatoms. The number of nitrogens with one attached hydrogen (secondary N) is 1. The van der Waals surface area contributed by atoms with E-state index in [1.165, 1.54) is 12.8 Å². The van der Waals surface area contributed by atoms with Gasteiger partial charge in [-0.2, -0.15) is 5.26 Å². The van der Waals surface area contributed by atoms with Crippen molar-refractivity contribution in [3.8, 4) is 6.07 Å². The Morgan fingerprint density at radius 2 is 2.33 bits per heavy atom. The van der Waals surface area contributed by atoms with E-state index in [4.69, 9.17) is 5.26 Å². The van der Waals surface area contributed by atoms with E-state index in [1.807, 2.05) is 6.92 Å². The van der Waals surface area contributed by atoms with E-state index in [2.05, 4.69) is 18.3 Å². The van der Waals surface area contributed by atoms with Gasteiger partial charge >= 0.3 is 0 Å². The zero-order valence-corrected chi connectivity index (χ0v) is 9.62. The van der Waals surface area contributed by atoms with Crippen LogP contribution in [0.4, 0.5) is 0 Å². The third kappa shape index (κ3) is 3.23. The van der Waals surface area contributed by atoms with Gasteiger partial charge in [-0.3, -0.25) is 4.79 Å². The van der Waals surface area contributed by atoms with E-state index in [0.29, 0.717) is 18.4 Å². The second-order valence-electron chi connectivity index (χ2n) is 4.49. The average Bonchev–Trinajstić information content (AvgIpc) is 2.60. The third-order valence-electron chi connectivity index (χ3n) is 3.24. The van der Waals surface area contributed by atoms with Crippen molar-refractivity contribution in [3.05, 3.63) is 0 Å². The predicted octanol–water partition coefficient (Wildman–Crippen LogP) is 2.23. The maximum atomic E-state index is 11.7. The minimum Gasteiger partial charge on any atom is -0.352 e. The highest BCUT2D eigenvalue weighted by Gasteiger charge is 2.27. The van der Waals surface area contributed by atoms with Gasteiger partial charge in [0.15, 0.2) is 0 Å². The van der Waals surface area contributed by atoms with E-state index in [9.17, 15) is 4.79 Å². The number of carbonyl (C=O) groups excluding carboxylic acids is 1. The number of carbonyl (C=O) groups is 1. The first-order chi connectivity index (χ1) is 7.19. The Morgan fingerprint density at radius 1 is 1.60 bits per heavy atom. The van der Waals surface area contributed by atoms with Crippen LogP contribution in [0.2, 0.25) is 0 Å². The van der Waals surface area contributed by atoms with Gasteiger partial charge in [-0.25, -0.2) is 0 Å². The molecular weight excluding hydrogens is 188 g/mol. The largest absolute Gasteiger partial charge is 0.352 e. The van der Waals surface area contributed by atoms with Crippen molar-refractivity contribution in [1.82, 2.24) is 5.32 Å². The van der Waals surface area contributed by atoms with Crippen LogP contribution in [0.5, 0.6) is 0 Å². The molecule has 3 atom stereocenters. The highest BCUT2D eigenvalue weighted by Crippen LogP contribution is 2.25. The van der Waals surface area contributed by atoms with E-state index >= 15 is 0 Å². The summed E-state index contributed by atoms with van der Waals surface area (Å²) in [4.78, 5) is 11.7. The zero-order valence-electron chi connectivity index (χ0n) is 9.62. The van der Waals surface area contributed by atoms with Crippen LogP contribution in [0.15, 0.2) is 0 Å². The zero-order chi connectivity index (χ0) is 11.3. The van der Waals surface area contributed by atoms with Crippen LogP contribution < -0.4 is 5.32 Å². The second-order valence-corrected chi connectivity index (χ2v) is 4.49. The minimum atomic E-state index is -0.456. The van der Waals surface area contributed by atoms with Crippen LogP contribution in [0.25, 0.3) is 0 Å². The number of nitrogens with zero attached hydrogens (tertiary/aromatic N) is 1. The lowest BCUT2D eigenvalue weighted by Crippen LogP contribution is -2.39. The normalized spacial score (nSPS) is 27.0. The number of hydrogen-bond acceptors (Lipinski definition) is 2. The van der Waals surface area contributed by atoms with Gasteiger partial charge < -0.3 is 5.32 Å². The molecule has 0 heterocycles. The molecule has 0 saturated heterocycles. The minimum absolute atomic E-state index is 0.0712. The lowest BCUT2D eigenvalue weighted by Gasteiger charge is -2.18. The molecule has 1 saturated carbocycles. The van der Waals surface area contributed by atoms with Gasteiger partial charge in [-0.1, -0.05) is 26.7 Å². The summed E-state index contributed by atoms with van der Waals surface area (Å²) in [5.74, 6) is 0.0378. The van der Waals surface area contributed by atoms with Gasteiger partial charge in [0.05, 0.1) is 6.07 Å². The van der Waals surface area contributed by atoms with Gasteiger partial charge in [-0.05, 0) is 25.2 Å². The van der Waals surface area contributed by atoms with Crippen LogP contribution in [0, 0.1) is 23.2 Å². The predicted molar refractivity (Wildman–Crippen MR) is 59.0 cm³/mol. The lowest BCUT2D eigenvalue weighted by atomic mass is 10.0. The topological polar surface area (TPSA) is 52.9 Å². The molecule has 15 heavy (non-hydrogen) atoms. The fraction of sp³-hybridized carbons (Fsp3) is 0.833. The Morgan fingerprint density at radius 3 is 2.80 bits per heavy atom. The summed E-state index contributed by atoms with van der Waals surface area (Å²) >= 11 is 0. The molecule has 0 aromatic rings. The Balaban J connectivity index is 2.43. The molecule has 0 bridgehead atoms. The Hall–Kier alpha value is -1.04. The van der Waals surface area contributed by atoms with Gasteiger partial charge in [0.1, 0.15) is 5.92 Å². The molecule has 1 rings (SSSR count). The molecule has 84 valence electrons. The fourth-order valence-electron chi connectivity index (χ4n) is 2.19. The van der Waals surface area contributed by atoms with Crippen LogP contribution >= 0.6 is 0 Å². The van der Waals surface area contributed by atoms with Crippen molar-refractivity contribution in [2.75, 3.05) is 0 Å². The first kappa shape index (κ1) is 12.0. The van der Waals surface area contributed by atoms with Crippen molar-refractivity contribution in [2.24, 2.45) is 11.8 Å². The molecule has 0 aliphatic heterocycles. The first-order valence-electron chi connectivity index (χ1n) is 5.89. The SMILES string of the molecule is CCCC(C#N)C(=O)NC1CCCC1C. The molecule has 1 aliphatic rings. The molecule has 1 amide bonds. The molecule has 1 fully saturated rings. The van der Waals surface area contributed by atoms with E-state index in [1.54, 1.807) is 0 Å². The van der Waals surface area contributed by atoms with Gasteiger partial charge in [0.25, 0.3) is 0 Å². The molecule has 0 aromatic carbocycles. The molecule has 3 nitrogen and oxygen atoms in total. The summed E-state index contributed by atoms with van der Waals surface area (Å²) < 4.78 is 0. The molecule has 3 unspecified atom stereocenters. The van der Waals surface area contributed by atoms with Crippen molar-refractivity contribution in [1.29, 1.82) is 5.26 Å². The summed E-state index contributed by atoms with van der Waals surface area (Å²) in [5, 5.41) is 11.9. The number of rotatable bonds is 4. The summed E-state index contributed by atoms with van der Waals surface area (Å²) in [6.45, 7) is 4.16. The Labute approximate surface area is 91.9 Å². The fourth-order valence-corrected chi connectivity index (χ4v) is 2.19. The molecule has 1 N–H and O–H groups in total. The van der Waals surface area contributed by atoms with E-state index < -0.39 is 5.92 Å². The van der Waals surface area contributed by atoms with E-state index in [0.717, 1.165) is 12.8 Å². The Bertz CT molecular complexity index is 257. The molecule has 0 radical (unpaired) electrons. The molecule has 0 aromatic heterocycles. The first-order valence-corrected chi connectivity index (χ1v) is 5.89. The smallest absolute Gasteiger partial charge is 0.237 e. The maximum absolute atomic E-state index is 11.7. The summed E-state index contributed by atoms with van der Waals surface area (Å²) in [6, 6.07) is 2.38. The highest BCUT2D eigenvalue weighted by atomic mass is 16.1. The van der Waals surface area contributed by atoms with E-state index in [-0.39, 0.29) is 5.91 Å². The van der Waals surface area contributed by atoms with Gasteiger partial charge in [0, 0.05) is 6.04 Å². The maximum Gasteiger partial charge on any atom is 0.237 e. The summed E-state index contributed by atoms with van der Waals surface area (Å²) in [6.07, 6.45) is 5.00. The number of nitriles is 1. The number of hydrogen-bond donors (Lipinski definition) is 1. The quantitative estimate of drug-likeness (QED) is 0.770. The van der Waals surface area contributed by atoms with Gasteiger partial charge in [0.2, 0.25) is 5.91 Å². The standard InChI is InChI=1S/C12H20N2O/c1-3-5-10(8-13)12(15)14-11-7-4-6-9(11)2/h9-11H,3-7H2,1-2H3,(H,14,15). The molecule has 0 spiro atoms. The van der Waals surface area contributed by atoms with Crippen molar-refractivity contribution in [3.63, 3.8) is 0 Å². The summed E-state index contributed by atoms with van der Waals surface area (Å²) in [7, 11) is 0. The molecular formula is C12H20N2O. The second kappa shape index (κ2) is 5.75. The van der Waals surface area contributed by atoms with Crippen LogP contribution in [0.1, 0.15) is 46.0 Å². The average molecular weight is 208 g/mol.